The molecule has 0 spiro atoms. The number of aryl methyl sites for hydroxylation is 1. The number of pyridine rings is 1. The molecule has 0 saturated heterocycles. The topological polar surface area (TPSA) is 68.1 Å². The molecule has 0 aliphatic heterocycles. The zero-order valence-electron chi connectivity index (χ0n) is 11.9. The van der Waals surface area contributed by atoms with E-state index in [1.165, 1.54) is 18.2 Å². The van der Waals surface area contributed by atoms with Crippen molar-refractivity contribution in [3.05, 3.63) is 51.8 Å². The monoisotopic (exact) mass is 289 g/mol. The number of hydrogen-bond donors (Lipinski definition) is 1. The average molecular weight is 289 g/mol. The molecular formula is C15H16FN3O2. The van der Waals surface area contributed by atoms with Crippen LogP contribution in [0.1, 0.15) is 18.9 Å². The van der Waals surface area contributed by atoms with Crippen molar-refractivity contribution >= 4 is 11.5 Å². The Bertz CT molecular complexity index is 654. The molecule has 1 heterocycles. The van der Waals surface area contributed by atoms with Crippen LogP contribution in [0.2, 0.25) is 0 Å². The van der Waals surface area contributed by atoms with Crippen LogP contribution in [-0.4, -0.2) is 16.5 Å². The molecule has 6 heteroatoms. The Hall–Kier alpha value is -2.50. The van der Waals surface area contributed by atoms with Crippen LogP contribution in [0, 0.1) is 22.9 Å². The number of benzene rings is 1. The number of nitrogens with one attached hydrogen (secondary N) is 1. The molecule has 0 aliphatic carbocycles. The SMILES string of the molecule is CCCNc1ccc([N+](=O)[O-])c(-c2cc(C)cc(F)c2)n1. The van der Waals surface area contributed by atoms with Gasteiger partial charge in [-0.05, 0) is 43.2 Å². The van der Waals surface area contributed by atoms with Crippen LogP contribution in [0.4, 0.5) is 15.9 Å². The van der Waals surface area contributed by atoms with Gasteiger partial charge in [0, 0.05) is 18.2 Å². The molecule has 2 rings (SSSR count). The second kappa shape index (κ2) is 6.30. The quantitative estimate of drug-likeness (QED) is 0.669. The Balaban J connectivity index is 2.54. The number of nitro groups is 1. The number of hydrogen-bond acceptors (Lipinski definition) is 4. The lowest BCUT2D eigenvalue weighted by atomic mass is 10.1. The standard InChI is InChI=1S/C15H16FN3O2/c1-3-6-17-14-5-4-13(19(20)21)15(18-14)11-7-10(2)8-12(16)9-11/h4-5,7-9H,3,6H2,1-2H3,(H,17,18). The fourth-order valence-corrected chi connectivity index (χ4v) is 2.04. The molecule has 0 radical (unpaired) electrons. The van der Waals surface area contributed by atoms with Gasteiger partial charge in [0.05, 0.1) is 4.92 Å². The third-order valence-electron chi connectivity index (χ3n) is 2.94. The number of anilines is 1. The molecule has 21 heavy (non-hydrogen) atoms. The van der Waals surface area contributed by atoms with Crippen molar-refractivity contribution in [2.45, 2.75) is 20.3 Å². The molecule has 1 aromatic carbocycles. The Labute approximate surface area is 122 Å². The van der Waals surface area contributed by atoms with E-state index in [4.69, 9.17) is 0 Å². The lowest BCUT2D eigenvalue weighted by Gasteiger charge is -2.08. The first-order valence-electron chi connectivity index (χ1n) is 6.68. The maximum atomic E-state index is 13.5. The lowest BCUT2D eigenvalue weighted by molar-refractivity contribution is -0.384. The van der Waals surface area contributed by atoms with E-state index in [-0.39, 0.29) is 11.4 Å². The third-order valence-corrected chi connectivity index (χ3v) is 2.94. The zero-order chi connectivity index (χ0) is 15.4. The molecule has 1 aromatic heterocycles. The van der Waals surface area contributed by atoms with Crippen LogP contribution in [0.3, 0.4) is 0 Å². The smallest absolute Gasteiger partial charge is 0.295 e. The molecule has 0 aliphatic rings. The van der Waals surface area contributed by atoms with Crippen LogP contribution >= 0.6 is 0 Å². The fraction of sp³-hybridized carbons (Fsp3) is 0.267. The zero-order valence-corrected chi connectivity index (χ0v) is 11.9. The summed E-state index contributed by atoms with van der Waals surface area (Å²) in [6.45, 7) is 4.46. The van der Waals surface area contributed by atoms with Crippen molar-refractivity contribution in [1.82, 2.24) is 4.98 Å². The molecule has 1 N–H and O–H groups in total. The van der Waals surface area contributed by atoms with Gasteiger partial charge in [-0.2, -0.15) is 0 Å². The third kappa shape index (κ3) is 3.53. The van der Waals surface area contributed by atoms with Gasteiger partial charge in [0.25, 0.3) is 5.69 Å². The average Bonchev–Trinajstić information content (AvgIpc) is 2.43. The highest BCUT2D eigenvalue weighted by molar-refractivity contribution is 5.72. The van der Waals surface area contributed by atoms with Gasteiger partial charge in [-0.25, -0.2) is 9.37 Å². The first-order chi connectivity index (χ1) is 10.0. The minimum atomic E-state index is -0.508. The van der Waals surface area contributed by atoms with E-state index < -0.39 is 10.7 Å². The molecule has 5 nitrogen and oxygen atoms in total. The van der Waals surface area contributed by atoms with Gasteiger partial charge in [-0.1, -0.05) is 6.92 Å². The number of rotatable bonds is 5. The van der Waals surface area contributed by atoms with E-state index in [0.717, 1.165) is 6.42 Å². The molecule has 0 bridgehead atoms. The van der Waals surface area contributed by atoms with E-state index in [9.17, 15) is 14.5 Å². The summed E-state index contributed by atoms with van der Waals surface area (Å²) < 4.78 is 13.5. The molecule has 0 atom stereocenters. The van der Waals surface area contributed by atoms with Gasteiger partial charge >= 0.3 is 0 Å². The molecule has 0 amide bonds. The van der Waals surface area contributed by atoms with Crippen molar-refractivity contribution in [3.63, 3.8) is 0 Å². The summed E-state index contributed by atoms with van der Waals surface area (Å²) in [5, 5.41) is 14.2. The summed E-state index contributed by atoms with van der Waals surface area (Å²) in [6, 6.07) is 7.26. The first kappa shape index (κ1) is 14.9. The van der Waals surface area contributed by atoms with Crippen molar-refractivity contribution in [3.8, 4) is 11.3 Å². The summed E-state index contributed by atoms with van der Waals surface area (Å²) >= 11 is 0. The highest BCUT2D eigenvalue weighted by Crippen LogP contribution is 2.30. The first-order valence-corrected chi connectivity index (χ1v) is 6.68. The Morgan fingerprint density at radius 2 is 2.10 bits per heavy atom. The van der Waals surface area contributed by atoms with E-state index in [1.54, 1.807) is 19.1 Å². The normalized spacial score (nSPS) is 10.4. The van der Waals surface area contributed by atoms with E-state index in [2.05, 4.69) is 10.3 Å². The number of halogens is 1. The largest absolute Gasteiger partial charge is 0.370 e. The minimum absolute atomic E-state index is 0.137. The van der Waals surface area contributed by atoms with Crippen LogP contribution in [0.25, 0.3) is 11.3 Å². The highest BCUT2D eigenvalue weighted by atomic mass is 19.1. The fourth-order valence-electron chi connectivity index (χ4n) is 2.04. The second-order valence-electron chi connectivity index (χ2n) is 4.77. The van der Waals surface area contributed by atoms with Gasteiger partial charge in [-0.3, -0.25) is 10.1 Å². The van der Waals surface area contributed by atoms with E-state index in [0.29, 0.717) is 23.5 Å². The van der Waals surface area contributed by atoms with Gasteiger partial charge in [0.1, 0.15) is 11.6 Å². The van der Waals surface area contributed by atoms with Crippen LogP contribution in [0.5, 0.6) is 0 Å². The summed E-state index contributed by atoms with van der Waals surface area (Å²) in [5.41, 5.74) is 1.12. The molecule has 2 aromatic rings. The second-order valence-corrected chi connectivity index (χ2v) is 4.77. The number of aromatic nitrogens is 1. The highest BCUT2D eigenvalue weighted by Gasteiger charge is 2.18. The summed E-state index contributed by atoms with van der Waals surface area (Å²) in [6.07, 6.45) is 0.910. The molecule has 0 fully saturated rings. The Morgan fingerprint density at radius 1 is 1.33 bits per heavy atom. The maximum Gasteiger partial charge on any atom is 0.295 e. The van der Waals surface area contributed by atoms with Crippen LogP contribution in [0.15, 0.2) is 30.3 Å². The van der Waals surface area contributed by atoms with Crippen molar-refractivity contribution in [1.29, 1.82) is 0 Å². The van der Waals surface area contributed by atoms with Crippen LogP contribution < -0.4 is 5.32 Å². The minimum Gasteiger partial charge on any atom is -0.370 e. The van der Waals surface area contributed by atoms with Gasteiger partial charge in [0.15, 0.2) is 5.69 Å². The molecule has 0 unspecified atom stereocenters. The van der Waals surface area contributed by atoms with Gasteiger partial charge in [0.2, 0.25) is 0 Å². The van der Waals surface area contributed by atoms with E-state index in [1.807, 2.05) is 6.92 Å². The summed E-state index contributed by atoms with van der Waals surface area (Å²) in [7, 11) is 0. The molecule has 0 saturated carbocycles. The van der Waals surface area contributed by atoms with Crippen molar-refractivity contribution in [2.75, 3.05) is 11.9 Å². The van der Waals surface area contributed by atoms with Crippen LogP contribution in [-0.2, 0) is 0 Å². The Morgan fingerprint density at radius 3 is 2.71 bits per heavy atom. The Kier molecular flexibility index (Phi) is 4.47. The predicted octanol–water partition coefficient (Wildman–Crippen LogP) is 3.93. The van der Waals surface area contributed by atoms with Crippen molar-refractivity contribution < 1.29 is 9.31 Å². The summed E-state index contributed by atoms with van der Waals surface area (Å²) in [5.74, 6) is 0.104. The summed E-state index contributed by atoms with van der Waals surface area (Å²) in [4.78, 5) is 14.9. The van der Waals surface area contributed by atoms with Crippen molar-refractivity contribution in [2.24, 2.45) is 0 Å². The predicted molar refractivity (Wildman–Crippen MR) is 79.8 cm³/mol. The molecular weight excluding hydrogens is 273 g/mol. The maximum absolute atomic E-state index is 13.5. The van der Waals surface area contributed by atoms with E-state index >= 15 is 0 Å². The lowest BCUT2D eigenvalue weighted by Crippen LogP contribution is -2.04. The van der Waals surface area contributed by atoms with Gasteiger partial charge < -0.3 is 5.32 Å². The number of nitrogens with zero attached hydrogens (tertiary/aromatic N) is 2. The van der Waals surface area contributed by atoms with Gasteiger partial charge in [-0.15, -0.1) is 0 Å². The molecule has 110 valence electrons.